The summed E-state index contributed by atoms with van der Waals surface area (Å²) in [5.41, 5.74) is 4.03. The number of nitrogens with one attached hydrogen (secondary N) is 1. The number of carbonyl (C=O) groups is 1. The fourth-order valence-corrected chi connectivity index (χ4v) is 3.22. The van der Waals surface area contributed by atoms with Crippen molar-refractivity contribution in [3.63, 3.8) is 0 Å². The fourth-order valence-electron chi connectivity index (χ4n) is 3.09. The molecule has 1 N–H and O–H groups in total. The van der Waals surface area contributed by atoms with E-state index in [4.69, 9.17) is 11.6 Å². The van der Waals surface area contributed by atoms with Gasteiger partial charge in [0.25, 0.3) is 0 Å². The lowest BCUT2D eigenvalue weighted by Crippen LogP contribution is -2.35. The van der Waals surface area contributed by atoms with E-state index in [0.717, 1.165) is 37.5 Å². The third-order valence-electron chi connectivity index (χ3n) is 4.51. The summed E-state index contributed by atoms with van der Waals surface area (Å²) in [6.45, 7) is 3.48. The SMILES string of the molecule is O=C(CCN1CCc2ccccc2C1)NCCc1ccc(Cl)cc1. The van der Waals surface area contributed by atoms with Crippen LogP contribution in [0.2, 0.25) is 5.02 Å². The number of amides is 1. The predicted molar refractivity (Wildman–Crippen MR) is 98.2 cm³/mol. The average Bonchev–Trinajstić information content (AvgIpc) is 2.61. The van der Waals surface area contributed by atoms with Gasteiger partial charge in [0.15, 0.2) is 0 Å². The zero-order valence-corrected chi connectivity index (χ0v) is 14.6. The Balaban J connectivity index is 1.36. The molecule has 0 aliphatic carbocycles. The second-order valence-electron chi connectivity index (χ2n) is 6.27. The van der Waals surface area contributed by atoms with Crippen molar-refractivity contribution in [2.45, 2.75) is 25.8 Å². The van der Waals surface area contributed by atoms with E-state index in [1.165, 1.54) is 16.7 Å². The van der Waals surface area contributed by atoms with Crippen LogP contribution in [-0.4, -0.2) is 30.4 Å². The molecule has 0 fully saturated rings. The van der Waals surface area contributed by atoms with Crippen LogP contribution in [0.25, 0.3) is 0 Å². The number of carbonyl (C=O) groups excluding carboxylic acids is 1. The van der Waals surface area contributed by atoms with E-state index in [-0.39, 0.29) is 5.91 Å². The number of rotatable bonds is 6. The number of benzene rings is 2. The standard InChI is InChI=1S/C20H23ClN2O/c21-19-7-5-16(6-8-19)9-12-22-20(24)11-14-23-13-10-17-3-1-2-4-18(17)15-23/h1-8H,9-15H2,(H,22,24). The molecule has 3 nitrogen and oxygen atoms in total. The molecule has 2 aromatic carbocycles. The van der Waals surface area contributed by atoms with Gasteiger partial charge >= 0.3 is 0 Å². The maximum atomic E-state index is 12.0. The summed E-state index contributed by atoms with van der Waals surface area (Å²) in [7, 11) is 0. The minimum Gasteiger partial charge on any atom is -0.356 e. The molecule has 0 saturated carbocycles. The van der Waals surface area contributed by atoms with E-state index < -0.39 is 0 Å². The Morgan fingerprint density at radius 1 is 1.08 bits per heavy atom. The highest BCUT2D eigenvalue weighted by atomic mass is 35.5. The number of nitrogens with zero attached hydrogens (tertiary/aromatic N) is 1. The van der Waals surface area contributed by atoms with Gasteiger partial charge in [0.05, 0.1) is 0 Å². The molecule has 0 bridgehead atoms. The van der Waals surface area contributed by atoms with Crippen molar-refractivity contribution in [3.05, 3.63) is 70.2 Å². The van der Waals surface area contributed by atoms with Crippen LogP contribution in [0.3, 0.4) is 0 Å². The van der Waals surface area contributed by atoms with E-state index in [0.29, 0.717) is 13.0 Å². The number of fused-ring (bicyclic) bond motifs is 1. The maximum Gasteiger partial charge on any atom is 0.221 e. The van der Waals surface area contributed by atoms with E-state index in [1.54, 1.807) is 0 Å². The molecular weight excluding hydrogens is 320 g/mol. The van der Waals surface area contributed by atoms with Crippen LogP contribution in [-0.2, 0) is 24.2 Å². The maximum absolute atomic E-state index is 12.0. The molecule has 1 aliphatic heterocycles. The van der Waals surface area contributed by atoms with Gasteiger partial charge < -0.3 is 5.32 Å². The van der Waals surface area contributed by atoms with Crippen LogP contribution < -0.4 is 5.32 Å². The van der Waals surface area contributed by atoms with Crippen molar-refractivity contribution in [1.82, 2.24) is 10.2 Å². The van der Waals surface area contributed by atoms with Crippen molar-refractivity contribution < 1.29 is 4.79 Å². The lowest BCUT2D eigenvalue weighted by atomic mass is 10.00. The molecule has 0 spiro atoms. The summed E-state index contributed by atoms with van der Waals surface area (Å²) in [5, 5.41) is 3.75. The Labute approximate surface area is 148 Å². The molecule has 126 valence electrons. The summed E-state index contributed by atoms with van der Waals surface area (Å²) in [6.07, 6.45) is 2.47. The van der Waals surface area contributed by atoms with Gasteiger partial charge in [-0.2, -0.15) is 0 Å². The third-order valence-corrected chi connectivity index (χ3v) is 4.77. The molecule has 1 heterocycles. The first-order valence-corrected chi connectivity index (χ1v) is 8.89. The molecule has 0 unspecified atom stereocenters. The summed E-state index contributed by atoms with van der Waals surface area (Å²) in [5.74, 6) is 0.128. The smallest absolute Gasteiger partial charge is 0.221 e. The van der Waals surface area contributed by atoms with Crippen LogP contribution in [0.4, 0.5) is 0 Å². The second-order valence-corrected chi connectivity index (χ2v) is 6.71. The van der Waals surface area contributed by atoms with Crippen LogP contribution in [0.1, 0.15) is 23.1 Å². The van der Waals surface area contributed by atoms with Crippen LogP contribution >= 0.6 is 11.6 Å². The lowest BCUT2D eigenvalue weighted by molar-refractivity contribution is -0.121. The molecule has 3 rings (SSSR count). The Morgan fingerprint density at radius 3 is 2.62 bits per heavy atom. The van der Waals surface area contributed by atoms with E-state index in [2.05, 4.69) is 34.5 Å². The van der Waals surface area contributed by atoms with E-state index >= 15 is 0 Å². The average molecular weight is 343 g/mol. The predicted octanol–water partition coefficient (Wildman–Crippen LogP) is 3.45. The highest BCUT2D eigenvalue weighted by molar-refractivity contribution is 6.30. The Morgan fingerprint density at radius 2 is 1.83 bits per heavy atom. The molecule has 0 atom stereocenters. The normalized spacial score (nSPS) is 14.2. The van der Waals surface area contributed by atoms with Crippen molar-refractivity contribution in [2.24, 2.45) is 0 Å². The zero-order valence-electron chi connectivity index (χ0n) is 13.8. The first kappa shape index (κ1) is 17.0. The van der Waals surface area contributed by atoms with Crippen LogP contribution in [0.15, 0.2) is 48.5 Å². The van der Waals surface area contributed by atoms with Gasteiger partial charge in [-0.3, -0.25) is 9.69 Å². The lowest BCUT2D eigenvalue weighted by Gasteiger charge is -2.28. The van der Waals surface area contributed by atoms with E-state index in [1.807, 2.05) is 24.3 Å². The van der Waals surface area contributed by atoms with Gasteiger partial charge in [-0.25, -0.2) is 0 Å². The Kier molecular flexibility index (Phi) is 5.89. The molecule has 0 saturated heterocycles. The summed E-state index contributed by atoms with van der Waals surface area (Å²) < 4.78 is 0. The van der Waals surface area contributed by atoms with Gasteiger partial charge in [0.1, 0.15) is 0 Å². The molecule has 4 heteroatoms. The topological polar surface area (TPSA) is 32.3 Å². The van der Waals surface area contributed by atoms with Gasteiger partial charge in [-0.1, -0.05) is 48.0 Å². The molecule has 0 radical (unpaired) electrons. The molecule has 24 heavy (non-hydrogen) atoms. The van der Waals surface area contributed by atoms with Gasteiger partial charge in [0, 0.05) is 37.6 Å². The highest BCUT2D eigenvalue weighted by Crippen LogP contribution is 2.18. The first-order chi connectivity index (χ1) is 11.7. The van der Waals surface area contributed by atoms with Gasteiger partial charge in [-0.05, 0) is 41.7 Å². The number of hydrogen-bond donors (Lipinski definition) is 1. The number of halogens is 1. The minimum atomic E-state index is 0.128. The number of hydrogen-bond acceptors (Lipinski definition) is 2. The van der Waals surface area contributed by atoms with Crippen LogP contribution in [0.5, 0.6) is 0 Å². The molecule has 0 aromatic heterocycles. The zero-order chi connectivity index (χ0) is 16.8. The van der Waals surface area contributed by atoms with Gasteiger partial charge in [-0.15, -0.1) is 0 Å². The summed E-state index contributed by atoms with van der Waals surface area (Å²) >= 11 is 5.87. The fraction of sp³-hybridized carbons (Fsp3) is 0.350. The quantitative estimate of drug-likeness (QED) is 0.872. The minimum absolute atomic E-state index is 0.128. The molecule has 1 amide bonds. The first-order valence-electron chi connectivity index (χ1n) is 8.51. The van der Waals surface area contributed by atoms with Crippen molar-refractivity contribution in [1.29, 1.82) is 0 Å². The Bertz CT molecular complexity index is 684. The Hall–Kier alpha value is -1.84. The third kappa shape index (κ3) is 4.83. The summed E-state index contributed by atoms with van der Waals surface area (Å²) in [6, 6.07) is 16.3. The molecule has 1 aliphatic rings. The summed E-state index contributed by atoms with van der Waals surface area (Å²) in [4.78, 5) is 14.4. The largest absolute Gasteiger partial charge is 0.356 e. The van der Waals surface area contributed by atoms with E-state index in [9.17, 15) is 4.79 Å². The highest BCUT2D eigenvalue weighted by Gasteiger charge is 2.16. The van der Waals surface area contributed by atoms with Crippen molar-refractivity contribution in [2.75, 3.05) is 19.6 Å². The second kappa shape index (κ2) is 8.32. The van der Waals surface area contributed by atoms with Crippen molar-refractivity contribution >= 4 is 17.5 Å². The van der Waals surface area contributed by atoms with Crippen molar-refractivity contribution in [3.8, 4) is 0 Å². The molecular formula is C20H23ClN2O. The van der Waals surface area contributed by atoms with Gasteiger partial charge in [0.2, 0.25) is 5.91 Å². The van der Waals surface area contributed by atoms with Crippen LogP contribution in [0, 0.1) is 0 Å². The molecule has 2 aromatic rings. The monoisotopic (exact) mass is 342 g/mol.